The molecule has 0 bridgehead atoms. The predicted octanol–water partition coefficient (Wildman–Crippen LogP) is 1.15. The van der Waals surface area contributed by atoms with Crippen LogP contribution in [0.25, 0.3) is 0 Å². The van der Waals surface area contributed by atoms with Crippen molar-refractivity contribution >= 4 is 11.9 Å². The Morgan fingerprint density at radius 2 is 1.86 bits per heavy atom. The standard InChI is InChI=1S/C21H35N5O3/c1-21(2,3)25-19(27)15-24-20(22-4)23-14-18(26-10-12-29-13-11-26)16-6-8-17(28-5)9-7-16/h6-9,18H,10-15H2,1-5H3,(H,25,27)(H2,22,23,24). The maximum absolute atomic E-state index is 12.1. The molecule has 1 aromatic carbocycles. The van der Waals surface area contributed by atoms with Gasteiger partial charge in [-0.3, -0.25) is 14.7 Å². The van der Waals surface area contributed by atoms with Gasteiger partial charge in [0.2, 0.25) is 5.91 Å². The van der Waals surface area contributed by atoms with Crippen molar-refractivity contribution in [3.05, 3.63) is 29.8 Å². The molecular formula is C21H35N5O3. The third-order valence-electron chi connectivity index (χ3n) is 4.60. The number of hydrogen-bond acceptors (Lipinski definition) is 5. The van der Waals surface area contributed by atoms with Gasteiger partial charge in [0, 0.05) is 32.2 Å². The molecule has 1 heterocycles. The number of ether oxygens (including phenoxy) is 2. The SMILES string of the molecule is CN=C(NCC(=O)NC(C)(C)C)NCC(c1ccc(OC)cc1)N1CCOCC1. The number of rotatable bonds is 7. The van der Waals surface area contributed by atoms with Gasteiger partial charge >= 0.3 is 0 Å². The van der Waals surface area contributed by atoms with Gasteiger partial charge in [0.1, 0.15) is 5.75 Å². The van der Waals surface area contributed by atoms with E-state index < -0.39 is 0 Å². The van der Waals surface area contributed by atoms with E-state index in [1.807, 2.05) is 32.9 Å². The molecular weight excluding hydrogens is 370 g/mol. The maximum Gasteiger partial charge on any atom is 0.239 e. The number of morpholine rings is 1. The first-order valence-electron chi connectivity index (χ1n) is 10.0. The van der Waals surface area contributed by atoms with Gasteiger partial charge in [-0.25, -0.2) is 0 Å². The molecule has 1 unspecified atom stereocenters. The third-order valence-corrected chi connectivity index (χ3v) is 4.60. The van der Waals surface area contributed by atoms with Crippen molar-refractivity contribution in [2.24, 2.45) is 4.99 Å². The molecule has 162 valence electrons. The van der Waals surface area contributed by atoms with Gasteiger partial charge in [-0.15, -0.1) is 0 Å². The molecule has 0 spiro atoms. The Morgan fingerprint density at radius 1 is 1.21 bits per heavy atom. The number of carbonyl (C=O) groups is 1. The van der Waals surface area contributed by atoms with Gasteiger partial charge in [0.15, 0.2) is 5.96 Å². The van der Waals surface area contributed by atoms with E-state index >= 15 is 0 Å². The smallest absolute Gasteiger partial charge is 0.239 e. The summed E-state index contributed by atoms with van der Waals surface area (Å²) >= 11 is 0. The molecule has 29 heavy (non-hydrogen) atoms. The number of methoxy groups -OCH3 is 1. The Balaban J connectivity index is 1.98. The van der Waals surface area contributed by atoms with Crippen molar-refractivity contribution in [2.75, 3.05) is 53.6 Å². The Bertz CT molecular complexity index is 664. The van der Waals surface area contributed by atoms with Crippen LogP contribution in [0.5, 0.6) is 5.75 Å². The molecule has 0 aromatic heterocycles. The van der Waals surface area contributed by atoms with E-state index in [4.69, 9.17) is 9.47 Å². The fourth-order valence-electron chi connectivity index (χ4n) is 3.21. The predicted molar refractivity (Wildman–Crippen MR) is 115 cm³/mol. The first kappa shape index (κ1) is 23.0. The molecule has 1 aromatic rings. The zero-order valence-electron chi connectivity index (χ0n) is 18.2. The number of aliphatic imine (C=N–C) groups is 1. The fraction of sp³-hybridized carbons (Fsp3) is 0.619. The lowest BCUT2D eigenvalue weighted by molar-refractivity contribution is -0.121. The van der Waals surface area contributed by atoms with Crippen LogP contribution in [0.3, 0.4) is 0 Å². The number of benzene rings is 1. The molecule has 0 aliphatic carbocycles. The Hall–Kier alpha value is -2.32. The van der Waals surface area contributed by atoms with Gasteiger partial charge in [-0.05, 0) is 38.5 Å². The monoisotopic (exact) mass is 405 g/mol. The van der Waals surface area contributed by atoms with Crippen LogP contribution in [-0.4, -0.2) is 75.9 Å². The van der Waals surface area contributed by atoms with Crippen LogP contribution in [0, 0.1) is 0 Å². The molecule has 0 radical (unpaired) electrons. The van der Waals surface area contributed by atoms with Gasteiger partial charge in [0.05, 0.1) is 32.9 Å². The lowest BCUT2D eigenvalue weighted by atomic mass is 10.0. The Labute approximate surface area is 174 Å². The second kappa shape index (κ2) is 11.0. The minimum Gasteiger partial charge on any atom is -0.497 e. The highest BCUT2D eigenvalue weighted by molar-refractivity contribution is 5.86. The summed E-state index contributed by atoms with van der Waals surface area (Å²) in [6.45, 7) is 9.91. The molecule has 1 amide bonds. The van der Waals surface area contributed by atoms with Crippen LogP contribution >= 0.6 is 0 Å². The molecule has 8 heteroatoms. The van der Waals surface area contributed by atoms with Crippen molar-refractivity contribution in [3.63, 3.8) is 0 Å². The van der Waals surface area contributed by atoms with E-state index in [-0.39, 0.29) is 24.0 Å². The topological polar surface area (TPSA) is 87.2 Å². The van der Waals surface area contributed by atoms with Crippen LogP contribution in [-0.2, 0) is 9.53 Å². The molecule has 1 fully saturated rings. The summed E-state index contributed by atoms with van der Waals surface area (Å²) in [6.07, 6.45) is 0. The molecule has 0 saturated carbocycles. The number of nitrogens with zero attached hydrogens (tertiary/aromatic N) is 2. The number of nitrogens with one attached hydrogen (secondary N) is 3. The van der Waals surface area contributed by atoms with E-state index in [2.05, 4.69) is 38.0 Å². The molecule has 1 saturated heterocycles. The number of carbonyl (C=O) groups excluding carboxylic acids is 1. The summed E-state index contributed by atoms with van der Waals surface area (Å²) < 4.78 is 10.8. The van der Waals surface area contributed by atoms with E-state index in [1.165, 1.54) is 5.56 Å². The van der Waals surface area contributed by atoms with Crippen LogP contribution in [0.2, 0.25) is 0 Å². The zero-order chi connectivity index (χ0) is 21.3. The third kappa shape index (κ3) is 7.91. The number of guanidine groups is 1. The Kier molecular flexibility index (Phi) is 8.72. The summed E-state index contributed by atoms with van der Waals surface area (Å²) in [7, 11) is 3.37. The molecule has 8 nitrogen and oxygen atoms in total. The Morgan fingerprint density at radius 3 is 2.41 bits per heavy atom. The average Bonchev–Trinajstić information content (AvgIpc) is 2.70. The normalized spacial score (nSPS) is 16.8. The largest absolute Gasteiger partial charge is 0.497 e. The van der Waals surface area contributed by atoms with Crippen LogP contribution < -0.4 is 20.7 Å². The van der Waals surface area contributed by atoms with E-state index in [1.54, 1.807) is 14.2 Å². The lowest BCUT2D eigenvalue weighted by Gasteiger charge is -2.35. The van der Waals surface area contributed by atoms with Crippen molar-refractivity contribution in [1.29, 1.82) is 0 Å². The average molecular weight is 406 g/mol. The van der Waals surface area contributed by atoms with Crippen molar-refractivity contribution in [3.8, 4) is 5.75 Å². The zero-order valence-corrected chi connectivity index (χ0v) is 18.2. The van der Waals surface area contributed by atoms with E-state index in [0.29, 0.717) is 12.5 Å². The maximum atomic E-state index is 12.1. The summed E-state index contributed by atoms with van der Waals surface area (Å²) in [5, 5.41) is 9.37. The molecule has 1 aliphatic heterocycles. The molecule has 1 atom stereocenters. The minimum absolute atomic E-state index is 0.0691. The van der Waals surface area contributed by atoms with Crippen LogP contribution in [0.4, 0.5) is 0 Å². The van der Waals surface area contributed by atoms with Gasteiger partial charge in [-0.1, -0.05) is 12.1 Å². The first-order valence-corrected chi connectivity index (χ1v) is 10.0. The number of amides is 1. The highest BCUT2D eigenvalue weighted by Gasteiger charge is 2.23. The summed E-state index contributed by atoms with van der Waals surface area (Å²) in [4.78, 5) is 18.7. The summed E-state index contributed by atoms with van der Waals surface area (Å²) in [5.41, 5.74) is 0.937. The van der Waals surface area contributed by atoms with E-state index in [9.17, 15) is 4.79 Å². The van der Waals surface area contributed by atoms with Crippen molar-refractivity contribution in [1.82, 2.24) is 20.9 Å². The van der Waals surface area contributed by atoms with E-state index in [0.717, 1.165) is 32.1 Å². The molecule has 2 rings (SSSR count). The summed E-state index contributed by atoms with van der Waals surface area (Å²) in [5.74, 6) is 1.37. The quantitative estimate of drug-likeness (QED) is 0.466. The van der Waals surface area contributed by atoms with Crippen molar-refractivity contribution < 1.29 is 14.3 Å². The van der Waals surface area contributed by atoms with Crippen LogP contribution in [0.1, 0.15) is 32.4 Å². The number of hydrogen-bond donors (Lipinski definition) is 3. The molecule has 3 N–H and O–H groups in total. The fourth-order valence-corrected chi connectivity index (χ4v) is 3.21. The second-order valence-electron chi connectivity index (χ2n) is 8.04. The lowest BCUT2D eigenvalue weighted by Crippen LogP contribution is -2.50. The minimum atomic E-state index is -0.258. The molecule has 1 aliphatic rings. The van der Waals surface area contributed by atoms with Crippen molar-refractivity contribution in [2.45, 2.75) is 32.4 Å². The van der Waals surface area contributed by atoms with Gasteiger partial charge in [0.25, 0.3) is 0 Å². The highest BCUT2D eigenvalue weighted by Crippen LogP contribution is 2.23. The highest BCUT2D eigenvalue weighted by atomic mass is 16.5. The first-order chi connectivity index (χ1) is 13.8. The summed E-state index contributed by atoms with van der Waals surface area (Å²) in [6, 6.07) is 8.30. The van der Waals surface area contributed by atoms with Gasteiger partial charge in [-0.2, -0.15) is 0 Å². The van der Waals surface area contributed by atoms with Gasteiger partial charge < -0.3 is 25.4 Å². The van der Waals surface area contributed by atoms with Crippen LogP contribution in [0.15, 0.2) is 29.3 Å². The second-order valence-corrected chi connectivity index (χ2v) is 8.04.